The summed E-state index contributed by atoms with van der Waals surface area (Å²) in [6.07, 6.45) is 3.63. The Morgan fingerprint density at radius 1 is 1.41 bits per heavy atom. The van der Waals surface area contributed by atoms with Gasteiger partial charge in [0, 0.05) is 25.0 Å². The minimum Gasteiger partial charge on any atom is -0.480 e. The third kappa shape index (κ3) is 2.26. The molecule has 0 amide bonds. The normalized spacial score (nSPS) is 12.4. The molecule has 0 radical (unpaired) electrons. The van der Waals surface area contributed by atoms with Crippen molar-refractivity contribution in [3.8, 4) is 5.88 Å². The molecule has 6 nitrogen and oxygen atoms in total. The maximum absolute atomic E-state index is 6.10. The summed E-state index contributed by atoms with van der Waals surface area (Å²) in [4.78, 5) is 4.24. The maximum atomic E-state index is 6.10. The van der Waals surface area contributed by atoms with Gasteiger partial charge in [0.2, 0.25) is 5.88 Å². The van der Waals surface area contributed by atoms with E-state index in [9.17, 15) is 0 Å². The van der Waals surface area contributed by atoms with Gasteiger partial charge < -0.3 is 15.0 Å². The molecule has 2 aromatic rings. The molecule has 0 aliphatic rings. The lowest BCUT2D eigenvalue weighted by molar-refractivity contribution is 0.390. The molecule has 0 aliphatic heterocycles. The summed E-state index contributed by atoms with van der Waals surface area (Å²) in [5.74, 6) is 1.26. The van der Waals surface area contributed by atoms with Crippen LogP contribution in [0, 0.1) is 0 Å². The van der Waals surface area contributed by atoms with Gasteiger partial charge in [-0.3, -0.25) is 0 Å². The molecule has 2 aromatic heterocycles. The van der Waals surface area contributed by atoms with Crippen molar-refractivity contribution in [2.75, 3.05) is 7.11 Å². The van der Waals surface area contributed by atoms with Gasteiger partial charge in [-0.2, -0.15) is 0 Å². The first-order valence-corrected chi connectivity index (χ1v) is 5.40. The van der Waals surface area contributed by atoms with E-state index >= 15 is 0 Å². The van der Waals surface area contributed by atoms with Gasteiger partial charge in [-0.1, -0.05) is 0 Å². The van der Waals surface area contributed by atoms with Crippen LogP contribution in [0.25, 0.3) is 0 Å². The molecule has 90 valence electrons. The van der Waals surface area contributed by atoms with Gasteiger partial charge in [0.1, 0.15) is 11.9 Å². The first kappa shape index (κ1) is 11.5. The molecule has 2 rings (SSSR count). The lowest BCUT2D eigenvalue weighted by atomic mass is 10.2. The highest BCUT2D eigenvalue weighted by Crippen LogP contribution is 2.16. The predicted octanol–water partition coefficient (Wildman–Crippen LogP) is 0.750. The Kier molecular flexibility index (Phi) is 3.34. The van der Waals surface area contributed by atoms with Crippen LogP contribution in [0.2, 0.25) is 0 Å². The van der Waals surface area contributed by atoms with Crippen LogP contribution in [0.3, 0.4) is 0 Å². The number of nitrogens with zero attached hydrogens (tertiary/aromatic N) is 4. The number of ether oxygens (including phenoxy) is 1. The largest absolute Gasteiger partial charge is 0.480 e. The Balaban J connectivity index is 2.27. The van der Waals surface area contributed by atoms with Crippen molar-refractivity contribution in [3.05, 3.63) is 36.0 Å². The fourth-order valence-electron chi connectivity index (χ4n) is 1.60. The number of aryl methyl sites for hydroxylation is 1. The highest BCUT2D eigenvalue weighted by atomic mass is 16.5. The van der Waals surface area contributed by atoms with E-state index in [1.807, 2.05) is 17.7 Å². The monoisotopic (exact) mass is 233 g/mol. The summed E-state index contributed by atoms with van der Waals surface area (Å²) in [5, 5.41) is 7.92. The Morgan fingerprint density at radius 3 is 2.82 bits per heavy atom. The van der Waals surface area contributed by atoms with Gasteiger partial charge in [-0.25, -0.2) is 4.98 Å². The van der Waals surface area contributed by atoms with Crippen LogP contribution in [-0.4, -0.2) is 26.9 Å². The molecular formula is C11H15N5O. The van der Waals surface area contributed by atoms with E-state index in [1.54, 1.807) is 25.4 Å². The molecule has 0 aromatic carbocycles. The van der Waals surface area contributed by atoms with Crippen LogP contribution in [0.5, 0.6) is 5.88 Å². The van der Waals surface area contributed by atoms with Crippen LogP contribution in [-0.2, 0) is 6.54 Å². The van der Waals surface area contributed by atoms with Crippen molar-refractivity contribution in [2.24, 2.45) is 5.73 Å². The Hall–Kier alpha value is -1.95. The Bertz CT molecular complexity index is 479. The van der Waals surface area contributed by atoms with E-state index in [0.717, 1.165) is 12.4 Å². The zero-order chi connectivity index (χ0) is 12.3. The topological polar surface area (TPSA) is 78.9 Å². The van der Waals surface area contributed by atoms with Gasteiger partial charge in [-0.15, -0.1) is 10.2 Å². The quantitative estimate of drug-likeness (QED) is 0.843. The highest BCUT2D eigenvalue weighted by Gasteiger charge is 2.16. The summed E-state index contributed by atoms with van der Waals surface area (Å²) in [7, 11) is 1.55. The number of hydrogen-bond donors (Lipinski definition) is 1. The molecule has 6 heteroatoms. The fraction of sp³-hybridized carbons (Fsp3) is 0.364. The molecule has 0 bridgehead atoms. The van der Waals surface area contributed by atoms with Crippen LogP contribution < -0.4 is 10.5 Å². The molecule has 1 unspecified atom stereocenters. The average molecular weight is 233 g/mol. The molecule has 17 heavy (non-hydrogen) atoms. The zero-order valence-corrected chi connectivity index (χ0v) is 9.87. The van der Waals surface area contributed by atoms with Gasteiger partial charge in [0.15, 0.2) is 0 Å². The van der Waals surface area contributed by atoms with Crippen LogP contribution in [0.15, 0.2) is 24.5 Å². The standard InChI is InChI=1S/C11H15N5O/c1-3-16-7-6-13-11(16)10(12)8-4-5-9(17-2)15-14-8/h4-7,10H,3,12H2,1-2H3. The minimum atomic E-state index is -0.372. The second-order valence-corrected chi connectivity index (χ2v) is 3.55. The molecule has 2 heterocycles. The number of imidazole rings is 1. The second-order valence-electron chi connectivity index (χ2n) is 3.55. The molecule has 0 saturated carbocycles. The maximum Gasteiger partial charge on any atom is 0.233 e. The lowest BCUT2D eigenvalue weighted by Crippen LogP contribution is -2.19. The molecule has 0 fully saturated rings. The van der Waals surface area contributed by atoms with E-state index in [4.69, 9.17) is 10.5 Å². The predicted molar refractivity (Wildman–Crippen MR) is 62.5 cm³/mol. The fourth-order valence-corrected chi connectivity index (χ4v) is 1.60. The molecule has 2 N–H and O–H groups in total. The number of rotatable bonds is 4. The summed E-state index contributed by atoms with van der Waals surface area (Å²) in [5.41, 5.74) is 6.77. The average Bonchev–Trinajstić information content (AvgIpc) is 2.86. The van der Waals surface area contributed by atoms with E-state index in [0.29, 0.717) is 11.6 Å². The molecule has 0 saturated heterocycles. The van der Waals surface area contributed by atoms with Gasteiger partial charge in [-0.05, 0) is 13.0 Å². The number of hydrogen-bond acceptors (Lipinski definition) is 5. The Labute approximate surface area is 99.4 Å². The molecule has 0 spiro atoms. The van der Waals surface area contributed by atoms with Crippen molar-refractivity contribution < 1.29 is 4.74 Å². The third-order valence-electron chi connectivity index (χ3n) is 2.56. The second kappa shape index (κ2) is 4.92. The van der Waals surface area contributed by atoms with E-state index < -0.39 is 0 Å². The summed E-state index contributed by atoms with van der Waals surface area (Å²) >= 11 is 0. The molecular weight excluding hydrogens is 218 g/mol. The number of nitrogens with two attached hydrogens (primary N) is 1. The van der Waals surface area contributed by atoms with Gasteiger partial charge >= 0.3 is 0 Å². The molecule has 1 atom stereocenters. The minimum absolute atomic E-state index is 0.372. The van der Waals surface area contributed by atoms with Crippen molar-refractivity contribution in [3.63, 3.8) is 0 Å². The summed E-state index contributed by atoms with van der Waals surface area (Å²) in [6.45, 7) is 2.87. The van der Waals surface area contributed by atoms with E-state index in [2.05, 4.69) is 15.2 Å². The van der Waals surface area contributed by atoms with Crippen molar-refractivity contribution in [2.45, 2.75) is 19.5 Å². The number of methoxy groups -OCH3 is 1. The summed E-state index contributed by atoms with van der Waals surface area (Å²) < 4.78 is 6.93. The highest BCUT2D eigenvalue weighted by molar-refractivity contribution is 5.19. The van der Waals surface area contributed by atoms with Gasteiger partial charge in [0.05, 0.1) is 12.8 Å². The van der Waals surface area contributed by atoms with Crippen LogP contribution in [0.1, 0.15) is 24.5 Å². The smallest absolute Gasteiger partial charge is 0.233 e. The van der Waals surface area contributed by atoms with Gasteiger partial charge in [0.25, 0.3) is 0 Å². The Morgan fingerprint density at radius 2 is 2.24 bits per heavy atom. The van der Waals surface area contributed by atoms with Crippen molar-refractivity contribution >= 4 is 0 Å². The SMILES string of the molecule is CCn1ccnc1C(N)c1ccc(OC)nn1. The van der Waals surface area contributed by atoms with Crippen molar-refractivity contribution in [1.29, 1.82) is 0 Å². The zero-order valence-electron chi connectivity index (χ0n) is 9.87. The third-order valence-corrected chi connectivity index (χ3v) is 2.56. The van der Waals surface area contributed by atoms with Crippen LogP contribution >= 0.6 is 0 Å². The lowest BCUT2D eigenvalue weighted by Gasteiger charge is -2.12. The molecule has 0 aliphatic carbocycles. The first-order chi connectivity index (χ1) is 8.26. The van der Waals surface area contributed by atoms with Crippen LogP contribution in [0.4, 0.5) is 0 Å². The van der Waals surface area contributed by atoms with E-state index in [1.165, 1.54) is 0 Å². The van der Waals surface area contributed by atoms with E-state index in [-0.39, 0.29) is 6.04 Å². The van der Waals surface area contributed by atoms with Crippen molar-refractivity contribution in [1.82, 2.24) is 19.7 Å². The first-order valence-electron chi connectivity index (χ1n) is 5.40. The number of aromatic nitrogens is 4. The summed E-state index contributed by atoms with van der Waals surface area (Å²) in [6, 6.07) is 3.16.